The fourth-order valence-electron chi connectivity index (χ4n) is 1.82. The third kappa shape index (κ3) is 3.58. The molecule has 0 N–H and O–H groups in total. The summed E-state index contributed by atoms with van der Waals surface area (Å²) in [7, 11) is 0. The van der Waals surface area contributed by atoms with Gasteiger partial charge in [0.15, 0.2) is 0 Å². The maximum absolute atomic E-state index is 6.00. The summed E-state index contributed by atoms with van der Waals surface area (Å²) in [5.41, 5.74) is 1.46. The minimum absolute atomic E-state index is 0.0793. The molecular formula is C17H28O. The van der Waals surface area contributed by atoms with E-state index in [2.05, 4.69) is 78.8 Å². The molecule has 1 aromatic carbocycles. The van der Waals surface area contributed by atoms with Gasteiger partial charge in [0, 0.05) is 0 Å². The van der Waals surface area contributed by atoms with Gasteiger partial charge < -0.3 is 4.74 Å². The quantitative estimate of drug-likeness (QED) is 0.743. The van der Waals surface area contributed by atoms with Crippen molar-refractivity contribution in [3.8, 4) is 0 Å². The molecule has 0 radical (unpaired) electrons. The van der Waals surface area contributed by atoms with Crippen molar-refractivity contribution in [1.82, 2.24) is 0 Å². The number of hydrogen-bond donors (Lipinski definition) is 0. The molecule has 0 aliphatic rings. The second-order valence-electron chi connectivity index (χ2n) is 7.28. The van der Waals surface area contributed by atoms with Crippen molar-refractivity contribution < 1.29 is 4.74 Å². The van der Waals surface area contributed by atoms with Crippen molar-refractivity contribution in [2.45, 2.75) is 59.5 Å². The lowest BCUT2D eigenvalue weighted by atomic mass is 9.64. The Morgan fingerprint density at radius 2 is 1.33 bits per heavy atom. The van der Waals surface area contributed by atoms with Crippen LogP contribution >= 0.6 is 0 Å². The lowest BCUT2D eigenvalue weighted by molar-refractivity contribution is -0.0615. The molecule has 0 unspecified atom stereocenters. The predicted molar refractivity (Wildman–Crippen MR) is 79.0 cm³/mol. The van der Waals surface area contributed by atoms with Crippen molar-refractivity contribution in [2.75, 3.05) is 6.61 Å². The highest BCUT2D eigenvalue weighted by Crippen LogP contribution is 2.41. The molecule has 18 heavy (non-hydrogen) atoms. The number of ether oxygens (including phenoxy) is 1. The fraction of sp³-hybridized carbons (Fsp3) is 0.647. The molecule has 0 heterocycles. The first kappa shape index (κ1) is 15.2. The molecule has 0 atom stereocenters. The largest absolute Gasteiger partial charge is 0.375 e. The molecule has 0 bridgehead atoms. The molecule has 102 valence electrons. The highest BCUT2D eigenvalue weighted by Gasteiger charge is 2.39. The SMILES string of the molecule is CC(C)(C)OCC(C)(C)C(C)(C)c1ccccc1. The highest BCUT2D eigenvalue weighted by atomic mass is 16.5. The molecule has 0 saturated carbocycles. The van der Waals surface area contributed by atoms with Gasteiger partial charge in [0.1, 0.15) is 0 Å². The first-order chi connectivity index (χ1) is 8.06. The Kier molecular flexibility index (Phi) is 4.27. The zero-order valence-corrected chi connectivity index (χ0v) is 13.0. The Hall–Kier alpha value is -0.820. The monoisotopic (exact) mass is 248 g/mol. The lowest BCUT2D eigenvalue weighted by Gasteiger charge is -2.43. The van der Waals surface area contributed by atoms with E-state index in [-0.39, 0.29) is 16.4 Å². The van der Waals surface area contributed by atoms with E-state index in [0.29, 0.717) is 0 Å². The third-order valence-electron chi connectivity index (χ3n) is 4.05. The van der Waals surface area contributed by atoms with E-state index in [1.165, 1.54) is 5.56 Å². The maximum Gasteiger partial charge on any atom is 0.0598 e. The summed E-state index contributed by atoms with van der Waals surface area (Å²) in [6, 6.07) is 10.7. The summed E-state index contributed by atoms with van der Waals surface area (Å²) >= 11 is 0. The standard InChI is InChI=1S/C17H28O/c1-15(2,3)18-13-16(4,5)17(6,7)14-11-9-8-10-12-14/h8-12H,13H2,1-7H3. The van der Waals surface area contributed by atoms with Crippen LogP contribution in [0.2, 0.25) is 0 Å². The molecule has 1 rings (SSSR count). The number of benzene rings is 1. The van der Waals surface area contributed by atoms with Gasteiger partial charge in [0.25, 0.3) is 0 Å². The van der Waals surface area contributed by atoms with E-state index < -0.39 is 0 Å². The summed E-state index contributed by atoms with van der Waals surface area (Å²) in [5, 5.41) is 0. The van der Waals surface area contributed by atoms with Gasteiger partial charge in [-0.1, -0.05) is 58.0 Å². The van der Waals surface area contributed by atoms with Crippen LogP contribution in [0.25, 0.3) is 0 Å². The average Bonchev–Trinajstić information content (AvgIpc) is 2.27. The van der Waals surface area contributed by atoms with Gasteiger partial charge in [0.05, 0.1) is 12.2 Å². The first-order valence-corrected chi connectivity index (χ1v) is 6.76. The summed E-state index contributed by atoms with van der Waals surface area (Å²) in [4.78, 5) is 0. The van der Waals surface area contributed by atoms with Crippen LogP contribution in [0, 0.1) is 5.41 Å². The Morgan fingerprint density at radius 1 is 0.833 bits per heavy atom. The minimum Gasteiger partial charge on any atom is -0.375 e. The minimum atomic E-state index is -0.0793. The number of rotatable bonds is 4. The molecule has 1 heteroatoms. The van der Waals surface area contributed by atoms with Crippen molar-refractivity contribution >= 4 is 0 Å². The van der Waals surface area contributed by atoms with Crippen molar-refractivity contribution in [1.29, 1.82) is 0 Å². The topological polar surface area (TPSA) is 9.23 Å². The molecule has 0 aliphatic carbocycles. The lowest BCUT2D eigenvalue weighted by Crippen LogP contribution is -2.42. The van der Waals surface area contributed by atoms with Crippen LogP contribution in [0.4, 0.5) is 0 Å². The van der Waals surface area contributed by atoms with Gasteiger partial charge in [-0.2, -0.15) is 0 Å². The van der Waals surface area contributed by atoms with E-state index in [1.54, 1.807) is 0 Å². The van der Waals surface area contributed by atoms with Gasteiger partial charge in [-0.25, -0.2) is 0 Å². The van der Waals surface area contributed by atoms with Gasteiger partial charge in [-0.15, -0.1) is 0 Å². The average molecular weight is 248 g/mol. The fourth-order valence-corrected chi connectivity index (χ4v) is 1.82. The Morgan fingerprint density at radius 3 is 1.78 bits per heavy atom. The van der Waals surface area contributed by atoms with Crippen molar-refractivity contribution in [2.24, 2.45) is 5.41 Å². The van der Waals surface area contributed by atoms with Crippen LogP contribution in [0.15, 0.2) is 30.3 Å². The normalized spacial score (nSPS) is 13.7. The number of hydrogen-bond acceptors (Lipinski definition) is 1. The van der Waals surface area contributed by atoms with E-state index >= 15 is 0 Å². The molecule has 0 amide bonds. The molecule has 1 nitrogen and oxygen atoms in total. The zero-order chi connectivity index (χ0) is 14.0. The van der Waals surface area contributed by atoms with E-state index in [9.17, 15) is 0 Å². The van der Waals surface area contributed by atoms with Crippen LogP contribution in [-0.4, -0.2) is 12.2 Å². The van der Waals surface area contributed by atoms with Gasteiger partial charge in [0.2, 0.25) is 0 Å². The molecule has 0 saturated heterocycles. The molecular weight excluding hydrogens is 220 g/mol. The van der Waals surface area contributed by atoms with Crippen LogP contribution in [0.5, 0.6) is 0 Å². The predicted octanol–water partition coefficient (Wildman–Crippen LogP) is 4.81. The Labute approximate surface area is 113 Å². The first-order valence-electron chi connectivity index (χ1n) is 6.76. The van der Waals surface area contributed by atoms with E-state index in [0.717, 1.165) is 6.61 Å². The second-order valence-corrected chi connectivity index (χ2v) is 7.28. The molecule has 0 aliphatic heterocycles. The van der Waals surface area contributed by atoms with E-state index in [4.69, 9.17) is 4.74 Å². The van der Waals surface area contributed by atoms with Gasteiger partial charge in [-0.3, -0.25) is 0 Å². The smallest absolute Gasteiger partial charge is 0.0598 e. The van der Waals surface area contributed by atoms with Gasteiger partial charge >= 0.3 is 0 Å². The third-order valence-corrected chi connectivity index (χ3v) is 4.05. The molecule has 0 fully saturated rings. The molecule has 0 spiro atoms. The molecule has 0 aromatic heterocycles. The zero-order valence-electron chi connectivity index (χ0n) is 13.0. The summed E-state index contributed by atoms with van der Waals surface area (Å²) in [5.74, 6) is 0. The Balaban J connectivity index is 2.89. The van der Waals surface area contributed by atoms with Crippen molar-refractivity contribution in [3.63, 3.8) is 0 Å². The second kappa shape index (κ2) is 5.05. The summed E-state index contributed by atoms with van der Waals surface area (Å²) in [6.45, 7) is 16.3. The van der Waals surface area contributed by atoms with Gasteiger partial charge in [-0.05, 0) is 37.2 Å². The maximum atomic E-state index is 6.00. The summed E-state index contributed by atoms with van der Waals surface area (Å²) in [6.07, 6.45) is 0. The summed E-state index contributed by atoms with van der Waals surface area (Å²) < 4.78 is 6.00. The van der Waals surface area contributed by atoms with Crippen LogP contribution < -0.4 is 0 Å². The highest BCUT2D eigenvalue weighted by molar-refractivity contribution is 5.26. The van der Waals surface area contributed by atoms with E-state index in [1.807, 2.05) is 0 Å². The van der Waals surface area contributed by atoms with Crippen LogP contribution in [0.3, 0.4) is 0 Å². The molecule has 1 aromatic rings. The van der Waals surface area contributed by atoms with Crippen LogP contribution in [0.1, 0.15) is 54.0 Å². The Bertz CT molecular complexity index is 368. The van der Waals surface area contributed by atoms with Crippen molar-refractivity contribution in [3.05, 3.63) is 35.9 Å². The van der Waals surface area contributed by atoms with Crippen LogP contribution in [-0.2, 0) is 10.2 Å².